The van der Waals surface area contributed by atoms with Crippen LogP contribution >= 0.6 is 15.9 Å². The fraction of sp³-hybridized carbons (Fsp3) is 0.733. The molecule has 1 aromatic rings. The van der Waals surface area contributed by atoms with Crippen molar-refractivity contribution < 1.29 is 18.2 Å². The van der Waals surface area contributed by atoms with Crippen molar-refractivity contribution in [2.45, 2.75) is 43.0 Å². The first-order valence-electron chi connectivity index (χ1n) is 7.95. The second kappa shape index (κ2) is 5.12. The molecule has 2 atom stereocenters. The van der Waals surface area contributed by atoms with Gasteiger partial charge in [-0.3, -0.25) is 0 Å². The Morgan fingerprint density at radius 3 is 2.71 bits per heavy atom. The number of aromatic nitrogens is 2. The van der Waals surface area contributed by atoms with Gasteiger partial charge in [-0.05, 0) is 42.6 Å². The quantitative estimate of drug-likeness (QED) is 0.581. The van der Waals surface area contributed by atoms with Gasteiger partial charge >= 0.3 is 0 Å². The van der Waals surface area contributed by atoms with Crippen LogP contribution in [0.2, 0.25) is 0 Å². The summed E-state index contributed by atoms with van der Waals surface area (Å²) in [6.07, 6.45) is 3.46. The van der Waals surface area contributed by atoms with E-state index in [1.807, 2.05) is 0 Å². The molecule has 0 bridgehead atoms. The lowest BCUT2D eigenvalue weighted by atomic mass is 10.0. The van der Waals surface area contributed by atoms with Gasteiger partial charge < -0.3 is 14.4 Å². The summed E-state index contributed by atoms with van der Waals surface area (Å²) in [5, 5.41) is 0. The van der Waals surface area contributed by atoms with Crippen LogP contribution < -0.4 is 9.64 Å². The van der Waals surface area contributed by atoms with Crippen molar-refractivity contribution in [3.8, 4) is 5.75 Å². The molecule has 1 saturated carbocycles. The van der Waals surface area contributed by atoms with Gasteiger partial charge in [0, 0.05) is 0 Å². The number of nitrogens with zero attached hydrogens (tertiary/aromatic N) is 3. The van der Waals surface area contributed by atoms with Crippen LogP contribution in [0, 0.1) is 0 Å². The largest absolute Gasteiger partial charge is 0.485 e. The minimum Gasteiger partial charge on any atom is -0.485 e. The Labute approximate surface area is 150 Å². The number of anilines is 1. The molecule has 132 valence electrons. The molecule has 0 amide bonds. The van der Waals surface area contributed by atoms with Crippen molar-refractivity contribution in [3.05, 3.63) is 10.4 Å². The molecule has 0 aromatic carbocycles. The van der Waals surface area contributed by atoms with Gasteiger partial charge in [-0.1, -0.05) is 4.21 Å². The summed E-state index contributed by atoms with van der Waals surface area (Å²) in [5.74, 6) is 1.23. The summed E-state index contributed by atoms with van der Waals surface area (Å²) < 4.78 is 33.7. The number of hydrogen-bond acceptors (Lipinski definition) is 6. The molecule has 7 nitrogen and oxygen atoms in total. The zero-order valence-electron chi connectivity index (χ0n) is 13.9. The van der Waals surface area contributed by atoms with Crippen LogP contribution in [-0.2, 0) is 23.9 Å². The first-order valence-corrected chi connectivity index (χ1v) is 10.7. The van der Waals surface area contributed by atoms with E-state index in [1.165, 1.54) is 6.26 Å². The van der Waals surface area contributed by atoms with E-state index in [-0.39, 0.29) is 11.6 Å². The summed E-state index contributed by atoms with van der Waals surface area (Å²) in [7, 11) is -3.13. The highest BCUT2D eigenvalue weighted by Gasteiger charge is 2.57. The topological polar surface area (TPSA) is 84.8 Å². The van der Waals surface area contributed by atoms with Crippen molar-refractivity contribution in [1.29, 1.82) is 0 Å². The SMILES string of the molecule is CC(C)(c1nc(Br)nc2c1OCC1COCC3(CC3)N21)[S+](C)(=O)O. The van der Waals surface area contributed by atoms with Crippen LogP contribution in [0.25, 0.3) is 0 Å². The Morgan fingerprint density at radius 1 is 1.38 bits per heavy atom. The third-order valence-electron chi connectivity index (χ3n) is 5.37. The second-order valence-electron chi connectivity index (χ2n) is 7.38. The average Bonchev–Trinajstić information content (AvgIpc) is 3.24. The summed E-state index contributed by atoms with van der Waals surface area (Å²) in [6, 6.07) is 0.117. The maximum Gasteiger partial charge on any atom is 0.222 e. The zero-order valence-corrected chi connectivity index (χ0v) is 16.3. The van der Waals surface area contributed by atoms with E-state index in [0.717, 1.165) is 12.8 Å². The minimum atomic E-state index is -3.13. The molecule has 9 heteroatoms. The Morgan fingerprint density at radius 2 is 2.08 bits per heavy atom. The van der Waals surface area contributed by atoms with Gasteiger partial charge in [0.15, 0.2) is 16.3 Å². The monoisotopic (exact) mass is 418 g/mol. The maximum absolute atomic E-state index is 12.4. The first-order chi connectivity index (χ1) is 11.2. The van der Waals surface area contributed by atoms with Gasteiger partial charge in [0.1, 0.15) is 18.6 Å². The molecular weight excluding hydrogens is 398 g/mol. The van der Waals surface area contributed by atoms with E-state index in [1.54, 1.807) is 13.8 Å². The van der Waals surface area contributed by atoms with Gasteiger partial charge in [-0.25, -0.2) is 9.97 Å². The van der Waals surface area contributed by atoms with Crippen molar-refractivity contribution in [1.82, 2.24) is 9.97 Å². The molecule has 1 spiro atoms. The van der Waals surface area contributed by atoms with Crippen molar-refractivity contribution in [2.24, 2.45) is 0 Å². The summed E-state index contributed by atoms with van der Waals surface area (Å²) in [5.41, 5.74) is 0.457. The molecule has 3 heterocycles. The van der Waals surface area contributed by atoms with Crippen molar-refractivity contribution in [3.63, 3.8) is 0 Å². The molecular formula is C15H21BrN3O4S+. The molecule has 1 N–H and O–H groups in total. The van der Waals surface area contributed by atoms with Crippen molar-refractivity contribution in [2.75, 3.05) is 31.0 Å². The minimum absolute atomic E-state index is 0.0104. The van der Waals surface area contributed by atoms with E-state index in [2.05, 4.69) is 30.8 Å². The molecule has 0 radical (unpaired) electrons. The Kier molecular flexibility index (Phi) is 3.56. The first kappa shape index (κ1) is 16.7. The lowest BCUT2D eigenvalue weighted by Gasteiger charge is -2.46. The third-order valence-corrected chi connectivity index (χ3v) is 7.81. The summed E-state index contributed by atoms with van der Waals surface area (Å²) in [6.45, 7) is 5.19. The van der Waals surface area contributed by atoms with E-state index in [4.69, 9.17) is 9.47 Å². The highest BCUT2D eigenvalue weighted by atomic mass is 79.9. The Bertz CT molecular complexity index is 746. The second-order valence-corrected chi connectivity index (χ2v) is 10.7. The predicted molar refractivity (Wildman–Crippen MR) is 93.9 cm³/mol. The Balaban J connectivity index is 1.89. The lowest BCUT2D eigenvalue weighted by molar-refractivity contribution is 0.0369. The molecule has 4 rings (SSSR count). The van der Waals surface area contributed by atoms with Gasteiger partial charge in [0.25, 0.3) is 0 Å². The van der Waals surface area contributed by atoms with E-state index < -0.39 is 15.0 Å². The van der Waals surface area contributed by atoms with Crippen LogP contribution in [0.5, 0.6) is 5.75 Å². The lowest BCUT2D eigenvalue weighted by Crippen LogP contribution is -2.59. The number of rotatable bonds is 2. The average molecular weight is 419 g/mol. The maximum atomic E-state index is 12.4. The number of morpholine rings is 1. The van der Waals surface area contributed by atoms with Gasteiger partial charge in [0.2, 0.25) is 15.0 Å². The number of halogens is 1. The van der Waals surface area contributed by atoms with Gasteiger partial charge in [-0.2, -0.15) is 4.55 Å². The smallest absolute Gasteiger partial charge is 0.222 e. The van der Waals surface area contributed by atoms with E-state index >= 15 is 0 Å². The fourth-order valence-corrected chi connectivity index (χ4v) is 4.28. The number of hydrogen-bond donors (Lipinski definition) is 1. The van der Waals surface area contributed by atoms with Crippen LogP contribution in [-0.4, -0.2) is 52.2 Å². The fourth-order valence-electron chi connectivity index (χ4n) is 3.44. The number of ether oxygens (including phenoxy) is 2. The predicted octanol–water partition coefficient (Wildman–Crippen LogP) is 2.21. The molecule has 1 aromatic heterocycles. The summed E-state index contributed by atoms with van der Waals surface area (Å²) >= 11 is 3.36. The van der Waals surface area contributed by atoms with E-state index in [9.17, 15) is 8.76 Å². The van der Waals surface area contributed by atoms with Crippen LogP contribution in [0.4, 0.5) is 5.82 Å². The molecule has 2 fully saturated rings. The molecule has 24 heavy (non-hydrogen) atoms. The molecule has 2 aliphatic heterocycles. The Hall–Kier alpha value is -0.770. The normalized spacial score (nSPS) is 27.0. The van der Waals surface area contributed by atoms with Crippen LogP contribution in [0.15, 0.2) is 4.73 Å². The summed E-state index contributed by atoms with van der Waals surface area (Å²) in [4.78, 5) is 11.3. The van der Waals surface area contributed by atoms with E-state index in [0.29, 0.717) is 41.8 Å². The highest BCUT2D eigenvalue weighted by Crippen LogP contribution is 2.53. The van der Waals surface area contributed by atoms with Crippen molar-refractivity contribution >= 4 is 32.0 Å². The zero-order chi connectivity index (χ0) is 17.3. The number of fused-ring (bicyclic) bond motifs is 4. The van der Waals surface area contributed by atoms with Gasteiger partial charge in [-0.15, -0.1) is 0 Å². The molecule has 1 aliphatic carbocycles. The molecule has 2 unspecified atom stereocenters. The highest BCUT2D eigenvalue weighted by molar-refractivity contribution is 9.10. The van der Waals surface area contributed by atoms with Crippen LogP contribution in [0.3, 0.4) is 0 Å². The van der Waals surface area contributed by atoms with Crippen LogP contribution in [0.1, 0.15) is 32.4 Å². The molecule has 1 saturated heterocycles. The molecule has 3 aliphatic rings. The third kappa shape index (κ3) is 2.32. The standard InChI is InChI=1S/C15H20BrN3O4S/c1-14(2,24(3,20)21)11-10-12(18-13(16)17-11)19-9(7-23-10)6-22-8-15(19)4-5-15/h9H,4-8H2,1-3H3/p+1. The van der Waals surface area contributed by atoms with Gasteiger partial charge in [0.05, 0.1) is 24.8 Å².